The molecule has 1 aliphatic rings. The molecular weight excluding hydrogens is 285 g/mol. The van der Waals surface area contributed by atoms with Gasteiger partial charge in [-0.25, -0.2) is 9.18 Å². The second kappa shape index (κ2) is 7.24. The zero-order valence-corrected chi connectivity index (χ0v) is 12.9. The lowest BCUT2D eigenvalue weighted by Crippen LogP contribution is -2.43. The van der Waals surface area contributed by atoms with Crippen LogP contribution in [-0.4, -0.2) is 31.1 Å². The maximum atomic E-state index is 12.9. The summed E-state index contributed by atoms with van der Waals surface area (Å²) in [5.74, 6) is 0.121. The first-order valence-electron chi connectivity index (χ1n) is 7.56. The maximum Gasteiger partial charge on any atom is 0.315 e. The van der Waals surface area contributed by atoms with E-state index in [4.69, 9.17) is 0 Å². The van der Waals surface area contributed by atoms with Crippen LogP contribution < -0.4 is 15.5 Å². The Bertz CT molecular complexity index is 531. The van der Waals surface area contributed by atoms with E-state index in [1.54, 1.807) is 17.0 Å². The van der Waals surface area contributed by atoms with Crippen LogP contribution in [0.15, 0.2) is 24.3 Å². The van der Waals surface area contributed by atoms with Crippen molar-refractivity contribution in [1.82, 2.24) is 10.6 Å². The molecule has 0 unspecified atom stereocenters. The molecule has 0 spiro atoms. The van der Waals surface area contributed by atoms with E-state index in [1.807, 2.05) is 0 Å². The molecule has 1 fully saturated rings. The highest BCUT2D eigenvalue weighted by atomic mass is 19.1. The largest absolute Gasteiger partial charge is 0.338 e. The van der Waals surface area contributed by atoms with Gasteiger partial charge in [0.15, 0.2) is 0 Å². The predicted molar refractivity (Wildman–Crippen MR) is 83.1 cm³/mol. The number of hydrogen-bond acceptors (Lipinski definition) is 2. The van der Waals surface area contributed by atoms with Crippen LogP contribution in [0, 0.1) is 11.7 Å². The normalized spacial score (nSPS) is 17.9. The minimum atomic E-state index is -0.338. The molecule has 2 N–H and O–H groups in total. The van der Waals surface area contributed by atoms with Gasteiger partial charge >= 0.3 is 6.03 Å². The highest BCUT2D eigenvalue weighted by Crippen LogP contribution is 2.21. The lowest BCUT2D eigenvalue weighted by molar-refractivity contribution is -0.117. The number of hydrogen-bond donors (Lipinski definition) is 2. The summed E-state index contributed by atoms with van der Waals surface area (Å²) in [5.41, 5.74) is 0.649. The van der Waals surface area contributed by atoms with Gasteiger partial charge in [-0.15, -0.1) is 0 Å². The lowest BCUT2D eigenvalue weighted by Gasteiger charge is -2.17. The topological polar surface area (TPSA) is 61.4 Å². The van der Waals surface area contributed by atoms with Crippen molar-refractivity contribution in [2.75, 3.05) is 18.0 Å². The van der Waals surface area contributed by atoms with Crippen LogP contribution in [0.1, 0.15) is 26.7 Å². The first-order chi connectivity index (χ1) is 10.5. The molecule has 5 nitrogen and oxygen atoms in total. The third-order valence-corrected chi connectivity index (χ3v) is 3.61. The fraction of sp³-hybridized carbons (Fsp3) is 0.500. The number of rotatable bonds is 5. The minimum Gasteiger partial charge on any atom is -0.338 e. The molecule has 2 rings (SSSR count). The molecule has 22 heavy (non-hydrogen) atoms. The van der Waals surface area contributed by atoms with Gasteiger partial charge in [0.05, 0.1) is 6.04 Å². The van der Waals surface area contributed by atoms with E-state index in [0.717, 1.165) is 6.42 Å². The standard InChI is InChI=1S/C16H22FN3O2/c1-11(2)7-8-18-16(22)19-13-9-15(21)20(10-13)14-5-3-12(17)4-6-14/h3-6,11,13H,7-10H2,1-2H3,(H2,18,19,22)/t13-/m1/s1. The maximum absolute atomic E-state index is 12.9. The summed E-state index contributed by atoms with van der Waals surface area (Å²) in [4.78, 5) is 25.4. The van der Waals surface area contributed by atoms with Crippen molar-refractivity contribution < 1.29 is 14.0 Å². The number of anilines is 1. The number of nitrogens with zero attached hydrogens (tertiary/aromatic N) is 1. The third kappa shape index (κ3) is 4.44. The van der Waals surface area contributed by atoms with Crippen molar-refractivity contribution in [3.63, 3.8) is 0 Å². The summed E-state index contributed by atoms with van der Waals surface area (Å²) in [5, 5.41) is 5.60. The van der Waals surface area contributed by atoms with Crippen LogP contribution in [0.5, 0.6) is 0 Å². The van der Waals surface area contributed by atoms with Crippen molar-refractivity contribution in [1.29, 1.82) is 0 Å². The van der Waals surface area contributed by atoms with Crippen molar-refractivity contribution in [3.05, 3.63) is 30.1 Å². The van der Waals surface area contributed by atoms with Gasteiger partial charge < -0.3 is 15.5 Å². The van der Waals surface area contributed by atoms with Crippen LogP contribution in [-0.2, 0) is 4.79 Å². The molecule has 1 aromatic carbocycles. The zero-order valence-electron chi connectivity index (χ0n) is 12.9. The SMILES string of the molecule is CC(C)CCNC(=O)N[C@@H]1CC(=O)N(c2ccc(F)cc2)C1. The smallest absolute Gasteiger partial charge is 0.315 e. The van der Waals surface area contributed by atoms with Gasteiger partial charge in [-0.1, -0.05) is 13.8 Å². The molecule has 0 radical (unpaired) electrons. The molecule has 6 heteroatoms. The Morgan fingerprint density at radius 2 is 2.05 bits per heavy atom. The van der Waals surface area contributed by atoms with E-state index in [-0.39, 0.29) is 30.2 Å². The minimum absolute atomic E-state index is 0.0703. The summed E-state index contributed by atoms with van der Waals surface area (Å²) < 4.78 is 12.9. The van der Waals surface area contributed by atoms with Crippen molar-refractivity contribution in [2.45, 2.75) is 32.7 Å². The second-order valence-electron chi connectivity index (χ2n) is 5.96. The average molecular weight is 307 g/mol. The fourth-order valence-electron chi connectivity index (χ4n) is 2.39. The number of amides is 3. The molecule has 0 saturated carbocycles. The number of nitrogens with one attached hydrogen (secondary N) is 2. The van der Waals surface area contributed by atoms with Crippen molar-refractivity contribution in [3.8, 4) is 0 Å². The molecular formula is C16H22FN3O2. The first-order valence-corrected chi connectivity index (χ1v) is 7.56. The Hall–Kier alpha value is -2.11. The summed E-state index contributed by atoms with van der Waals surface area (Å²) >= 11 is 0. The Kier molecular flexibility index (Phi) is 5.35. The molecule has 120 valence electrons. The molecule has 1 saturated heterocycles. The molecule has 0 aliphatic carbocycles. The van der Waals surface area contributed by atoms with E-state index in [1.165, 1.54) is 12.1 Å². The van der Waals surface area contributed by atoms with Crippen LogP contribution >= 0.6 is 0 Å². The van der Waals surface area contributed by atoms with Gasteiger partial charge in [0, 0.05) is 25.2 Å². The quantitative estimate of drug-likeness (QED) is 0.876. The third-order valence-electron chi connectivity index (χ3n) is 3.61. The molecule has 1 aromatic rings. The molecule has 0 bridgehead atoms. The van der Waals surface area contributed by atoms with Gasteiger partial charge in [-0.05, 0) is 36.6 Å². The highest BCUT2D eigenvalue weighted by Gasteiger charge is 2.31. The molecule has 1 aliphatic heterocycles. The van der Waals surface area contributed by atoms with Crippen LogP contribution in [0.25, 0.3) is 0 Å². The van der Waals surface area contributed by atoms with Gasteiger partial charge in [-0.3, -0.25) is 4.79 Å². The number of benzene rings is 1. The summed E-state index contributed by atoms with van der Waals surface area (Å²) in [6.45, 7) is 5.21. The first kappa shape index (κ1) is 16.3. The van der Waals surface area contributed by atoms with E-state index in [0.29, 0.717) is 24.7 Å². The Morgan fingerprint density at radius 1 is 1.36 bits per heavy atom. The van der Waals surface area contributed by atoms with Crippen LogP contribution in [0.3, 0.4) is 0 Å². The molecule has 1 atom stereocenters. The monoisotopic (exact) mass is 307 g/mol. The van der Waals surface area contributed by atoms with Gasteiger partial charge in [0.2, 0.25) is 5.91 Å². The Balaban J connectivity index is 1.84. The van der Waals surface area contributed by atoms with Crippen molar-refractivity contribution in [2.24, 2.45) is 5.92 Å². The average Bonchev–Trinajstić information content (AvgIpc) is 2.80. The van der Waals surface area contributed by atoms with E-state index >= 15 is 0 Å². The number of halogens is 1. The Morgan fingerprint density at radius 3 is 2.68 bits per heavy atom. The lowest BCUT2D eigenvalue weighted by atomic mass is 10.1. The van der Waals surface area contributed by atoms with E-state index in [9.17, 15) is 14.0 Å². The highest BCUT2D eigenvalue weighted by molar-refractivity contribution is 5.96. The van der Waals surface area contributed by atoms with E-state index in [2.05, 4.69) is 24.5 Å². The summed E-state index contributed by atoms with van der Waals surface area (Å²) in [7, 11) is 0. The second-order valence-corrected chi connectivity index (χ2v) is 5.96. The molecule has 1 heterocycles. The van der Waals surface area contributed by atoms with Gasteiger partial charge in [0.1, 0.15) is 5.82 Å². The number of carbonyl (C=O) groups is 2. The van der Waals surface area contributed by atoms with Crippen LogP contribution in [0.2, 0.25) is 0 Å². The summed E-state index contributed by atoms with van der Waals surface area (Å²) in [6.07, 6.45) is 1.17. The fourth-order valence-corrected chi connectivity index (χ4v) is 2.39. The predicted octanol–water partition coefficient (Wildman–Crippen LogP) is 2.28. The molecule has 3 amide bonds. The molecule has 0 aromatic heterocycles. The van der Waals surface area contributed by atoms with Crippen LogP contribution in [0.4, 0.5) is 14.9 Å². The van der Waals surface area contributed by atoms with Crippen molar-refractivity contribution >= 4 is 17.6 Å². The zero-order chi connectivity index (χ0) is 16.1. The van der Waals surface area contributed by atoms with Gasteiger partial charge in [-0.2, -0.15) is 0 Å². The van der Waals surface area contributed by atoms with E-state index < -0.39 is 0 Å². The van der Waals surface area contributed by atoms with Gasteiger partial charge in [0.25, 0.3) is 0 Å². The Labute approximate surface area is 129 Å². The summed E-state index contributed by atoms with van der Waals surface area (Å²) in [6, 6.07) is 5.30. The number of urea groups is 1. The number of carbonyl (C=O) groups excluding carboxylic acids is 2.